The molecular formula is C25H16N5+. The predicted molar refractivity (Wildman–Crippen MR) is 117 cm³/mol. The van der Waals surface area contributed by atoms with Gasteiger partial charge in [0, 0.05) is 53.1 Å². The Balaban J connectivity index is 1.41. The van der Waals surface area contributed by atoms with Gasteiger partial charge in [-0.15, -0.1) is 0 Å². The molecule has 5 heteroatoms. The first kappa shape index (κ1) is 16.7. The number of fused-ring (bicyclic) bond motifs is 3. The van der Waals surface area contributed by atoms with Gasteiger partial charge in [0.25, 0.3) is 0 Å². The summed E-state index contributed by atoms with van der Waals surface area (Å²) in [5.41, 5.74) is 4.78. The quantitative estimate of drug-likeness (QED) is 0.406. The van der Waals surface area contributed by atoms with E-state index >= 15 is 0 Å². The second kappa shape index (κ2) is 6.67. The van der Waals surface area contributed by atoms with E-state index in [2.05, 4.69) is 62.2 Å². The van der Waals surface area contributed by atoms with Crippen LogP contribution in [0.25, 0.3) is 49.8 Å². The molecular weight excluding hydrogens is 370 g/mol. The molecule has 30 heavy (non-hydrogen) atoms. The summed E-state index contributed by atoms with van der Waals surface area (Å²) in [6.45, 7) is 0. The van der Waals surface area contributed by atoms with Gasteiger partial charge >= 0.3 is 0 Å². The summed E-state index contributed by atoms with van der Waals surface area (Å²) in [4.78, 5) is 18.0. The maximum atomic E-state index is 4.72. The van der Waals surface area contributed by atoms with Crippen LogP contribution in [0, 0.1) is 0 Å². The van der Waals surface area contributed by atoms with Crippen molar-refractivity contribution in [2.45, 2.75) is 0 Å². The minimum absolute atomic E-state index is 0.737. The van der Waals surface area contributed by atoms with Crippen molar-refractivity contribution in [1.29, 1.82) is 0 Å². The van der Waals surface area contributed by atoms with Crippen LogP contribution in [-0.4, -0.2) is 19.9 Å². The maximum absolute atomic E-state index is 4.72. The van der Waals surface area contributed by atoms with E-state index in [1.54, 1.807) is 12.4 Å². The van der Waals surface area contributed by atoms with Gasteiger partial charge in [-0.25, -0.2) is 9.97 Å². The van der Waals surface area contributed by atoms with Gasteiger partial charge in [-0.05, 0) is 29.7 Å². The number of nitrogens with zero attached hydrogens (tertiary/aromatic N) is 5. The Hall–Kier alpha value is -4.25. The van der Waals surface area contributed by atoms with Crippen molar-refractivity contribution >= 4 is 32.7 Å². The van der Waals surface area contributed by atoms with E-state index in [9.17, 15) is 0 Å². The summed E-state index contributed by atoms with van der Waals surface area (Å²) in [7, 11) is 0. The standard InChI is InChI=1S/C25H16N5/c1-2-4-22-19(3-1)15-28-25(29-22)18-5-6-20-16-30(12-9-17(20)13-18)21-7-8-23-24(14-21)27-11-10-26-23/h1-16H/q+1. The molecule has 6 aromatic rings. The van der Waals surface area contributed by atoms with E-state index in [-0.39, 0.29) is 0 Å². The third-order valence-corrected chi connectivity index (χ3v) is 5.28. The normalized spacial score (nSPS) is 11.3. The molecule has 0 radical (unpaired) electrons. The van der Waals surface area contributed by atoms with Crippen molar-refractivity contribution in [3.8, 4) is 17.1 Å². The van der Waals surface area contributed by atoms with Crippen LogP contribution in [0.1, 0.15) is 0 Å². The lowest BCUT2D eigenvalue weighted by atomic mass is 10.1. The summed E-state index contributed by atoms with van der Waals surface area (Å²) in [5.74, 6) is 0.737. The van der Waals surface area contributed by atoms with Crippen LogP contribution in [0.4, 0.5) is 0 Å². The van der Waals surface area contributed by atoms with E-state index in [4.69, 9.17) is 4.98 Å². The van der Waals surface area contributed by atoms with Gasteiger partial charge in [-0.2, -0.15) is 4.57 Å². The van der Waals surface area contributed by atoms with Crippen LogP contribution in [-0.2, 0) is 0 Å². The molecule has 140 valence electrons. The van der Waals surface area contributed by atoms with Crippen LogP contribution in [0.2, 0.25) is 0 Å². The molecule has 3 aromatic carbocycles. The molecule has 3 aromatic heterocycles. The topological polar surface area (TPSA) is 55.4 Å². The van der Waals surface area contributed by atoms with Gasteiger partial charge in [-0.3, -0.25) is 9.97 Å². The molecule has 0 N–H and O–H groups in total. The fourth-order valence-corrected chi connectivity index (χ4v) is 3.71. The third-order valence-electron chi connectivity index (χ3n) is 5.28. The Labute approximate surface area is 172 Å². The van der Waals surface area contributed by atoms with Crippen LogP contribution in [0.3, 0.4) is 0 Å². The summed E-state index contributed by atoms with van der Waals surface area (Å²) in [6.07, 6.45) is 9.49. The van der Waals surface area contributed by atoms with Crippen molar-refractivity contribution < 1.29 is 4.57 Å². The smallest absolute Gasteiger partial charge is 0.212 e. The Morgan fingerprint density at radius 2 is 1.53 bits per heavy atom. The predicted octanol–water partition coefficient (Wildman–Crippen LogP) is 4.67. The first-order chi connectivity index (χ1) is 14.8. The molecule has 0 spiro atoms. The fourth-order valence-electron chi connectivity index (χ4n) is 3.71. The Bertz CT molecular complexity index is 1440. The molecule has 0 saturated carbocycles. The number of rotatable bonds is 2. The summed E-state index contributed by atoms with van der Waals surface area (Å²) >= 11 is 0. The number of hydrogen-bond donors (Lipinski definition) is 0. The fraction of sp³-hybridized carbons (Fsp3) is 0. The first-order valence-corrected chi connectivity index (χ1v) is 9.72. The molecule has 0 unspecified atom stereocenters. The molecule has 6 rings (SSSR count). The molecule has 0 bridgehead atoms. The maximum Gasteiger partial charge on any atom is 0.212 e. The molecule has 5 nitrogen and oxygen atoms in total. The number of para-hydroxylation sites is 1. The summed E-state index contributed by atoms with van der Waals surface area (Å²) < 4.78 is 2.10. The van der Waals surface area contributed by atoms with Crippen LogP contribution >= 0.6 is 0 Å². The van der Waals surface area contributed by atoms with Crippen molar-refractivity contribution in [3.63, 3.8) is 0 Å². The Morgan fingerprint density at radius 3 is 2.50 bits per heavy atom. The molecule has 0 aliphatic heterocycles. The van der Waals surface area contributed by atoms with Crippen LogP contribution in [0.5, 0.6) is 0 Å². The summed E-state index contributed by atoms with van der Waals surface area (Å²) in [6, 6.07) is 22.6. The minimum Gasteiger partial charge on any atom is -0.253 e. The van der Waals surface area contributed by atoms with Crippen LogP contribution < -0.4 is 4.57 Å². The minimum atomic E-state index is 0.737. The summed E-state index contributed by atoms with van der Waals surface area (Å²) in [5, 5.41) is 3.32. The van der Waals surface area contributed by atoms with E-state index in [0.29, 0.717) is 0 Å². The highest BCUT2D eigenvalue weighted by molar-refractivity contribution is 5.86. The van der Waals surface area contributed by atoms with Gasteiger partial charge in [-0.1, -0.05) is 24.3 Å². The van der Waals surface area contributed by atoms with Crippen molar-refractivity contribution in [1.82, 2.24) is 19.9 Å². The van der Waals surface area contributed by atoms with Crippen molar-refractivity contribution in [2.24, 2.45) is 0 Å². The highest BCUT2D eigenvalue weighted by atomic mass is 14.9. The SMILES string of the molecule is c1ccc2nc(-c3ccc4c[n+](-c5ccc6nccnc6c5)ccc4c3)ncc2c1. The lowest BCUT2D eigenvalue weighted by Gasteiger charge is -2.04. The lowest BCUT2D eigenvalue weighted by molar-refractivity contribution is -0.594. The number of hydrogen-bond acceptors (Lipinski definition) is 4. The molecule has 0 aliphatic rings. The van der Waals surface area contributed by atoms with Gasteiger partial charge in [0.1, 0.15) is 0 Å². The average Bonchev–Trinajstić information content (AvgIpc) is 2.83. The van der Waals surface area contributed by atoms with E-state index in [0.717, 1.165) is 49.8 Å². The Kier molecular flexibility index (Phi) is 3.71. The number of benzene rings is 3. The van der Waals surface area contributed by atoms with Gasteiger partial charge in [0.05, 0.1) is 16.6 Å². The highest BCUT2D eigenvalue weighted by Crippen LogP contribution is 2.23. The van der Waals surface area contributed by atoms with Crippen molar-refractivity contribution in [2.75, 3.05) is 0 Å². The van der Waals surface area contributed by atoms with E-state index in [1.165, 1.54) is 0 Å². The number of aromatic nitrogens is 5. The molecule has 0 amide bonds. The van der Waals surface area contributed by atoms with Crippen LogP contribution in [0.15, 0.2) is 97.7 Å². The average molecular weight is 386 g/mol. The second-order valence-corrected chi connectivity index (χ2v) is 7.18. The first-order valence-electron chi connectivity index (χ1n) is 9.72. The zero-order chi connectivity index (χ0) is 19.9. The van der Waals surface area contributed by atoms with Gasteiger partial charge < -0.3 is 0 Å². The van der Waals surface area contributed by atoms with Crippen molar-refractivity contribution in [3.05, 3.63) is 97.7 Å². The zero-order valence-electron chi connectivity index (χ0n) is 16.0. The molecule has 0 atom stereocenters. The van der Waals surface area contributed by atoms with Gasteiger partial charge in [0.2, 0.25) is 5.69 Å². The highest BCUT2D eigenvalue weighted by Gasteiger charge is 2.11. The largest absolute Gasteiger partial charge is 0.253 e. The lowest BCUT2D eigenvalue weighted by Crippen LogP contribution is -2.29. The van der Waals surface area contributed by atoms with E-state index < -0.39 is 0 Å². The third kappa shape index (κ3) is 2.84. The van der Waals surface area contributed by atoms with E-state index in [1.807, 2.05) is 42.6 Å². The molecule has 3 heterocycles. The zero-order valence-corrected chi connectivity index (χ0v) is 16.0. The number of pyridine rings is 1. The molecule has 0 fully saturated rings. The Morgan fingerprint density at radius 1 is 0.633 bits per heavy atom. The molecule has 0 aliphatic carbocycles. The van der Waals surface area contributed by atoms with Gasteiger partial charge in [0.15, 0.2) is 18.2 Å². The second-order valence-electron chi connectivity index (χ2n) is 7.18. The molecule has 0 saturated heterocycles. The monoisotopic (exact) mass is 386 g/mol.